The van der Waals surface area contributed by atoms with Crippen LogP contribution >= 0.6 is 23.1 Å². The second kappa shape index (κ2) is 7.88. The summed E-state index contributed by atoms with van der Waals surface area (Å²) < 4.78 is 6.80. The number of carbonyl (C=O) groups is 1. The zero-order valence-corrected chi connectivity index (χ0v) is 16.4. The monoisotopic (exact) mass is 381 g/mol. The van der Waals surface area contributed by atoms with Crippen LogP contribution in [0, 0.1) is 0 Å². The second-order valence-corrected chi connectivity index (χ2v) is 8.42. The smallest absolute Gasteiger partial charge is 0.263 e. The summed E-state index contributed by atoms with van der Waals surface area (Å²) in [5.74, 6) is 0.190. The number of nitrogens with one attached hydrogen (secondary N) is 1. The number of hydrogen-bond acceptors (Lipinski definition) is 6. The lowest BCUT2D eigenvalue weighted by Gasteiger charge is -2.12. The molecule has 0 radical (unpaired) electrons. The number of thioether (sulfide) groups is 1. The van der Waals surface area contributed by atoms with E-state index in [0.717, 1.165) is 29.5 Å². The molecule has 0 fully saturated rings. The Morgan fingerprint density at radius 1 is 1.44 bits per heavy atom. The van der Waals surface area contributed by atoms with Crippen LogP contribution in [0.2, 0.25) is 0 Å². The zero-order chi connectivity index (χ0) is 18.0. The van der Waals surface area contributed by atoms with Crippen LogP contribution in [-0.2, 0) is 28.9 Å². The van der Waals surface area contributed by atoms with Gasteiger partial charge in [0.05, 0.1) is 24.3 Å². The number of ether oxygens (including phenoxy) is 1. The summed E-state index contributed by atoms with van der Waals surface area (Å²) in [7, 11) is 1.61. The summed E-state index contributed by atoms with van der Waals surface area (Å²) in [5, 5.41) is 4.22. The lowest BCUT2D eigenvalue weighted by molar-refractivity contribution is -0.119. The number of nitrogens with zero attached hydrogens (tertiary/aromatic N) is 2. The van der Waals surface area contributed by atoms with E-state index in [9.17, 15) is 9.59 Å². The lowest BCUT2D eigenvalue weighted by atomic mass is 10.2. The van der Waals surface area contributed by atoms with Gasteiger partial charge >= 0.3 is 0 Å². The summed E-state index contributed by atoms with van der Waals surface area (Å²) in [4.78, 5) is 31.8. The van der Waals surface area contributed by atoms with Gasteiger partial charge in [0.25, 0.3) is 5.56 Å². The van der Waals surface area contributed by atoms with Crippen molar-refractivity contribution in [2.45, 2.75) is 50.9 Å². The fraction of sp³-hybridized carbons (Fsp3) is 0.588. The first kappa shape index (κ1) is 18.4. The second-order valence-electron chi connectivity index (χ2n) is 6.39. The summed E-state index contributed by atoms with van der Waals surface area (Å²) >= 11 is 2.93. The SMILES string of the molecule is COCCn1c(SCC(=O)NC(C)C)nc2sc3c(c2c1=O)CCC3. The first-order chi connectivity index (χ1) is 12.0. The molecule has 136 valence electrons. The molecule has 2 aromatic heterocycles. The topological polar surface area (TPSA) is 73.2 Å². The molecule has 0 spiro atoms. The number of hydrogen-bond donors (Lipinski definition) is 1. The molecule has 0 unspecified atom stereocenters. The van der Waals surface area contributed by atoms with Crippen molar-refractivity contribution in [3.05, 3.63) is 20.8 Å². The summed E-state index contributed by atoms with van der Waals surface area (Å²) in [6, 6.07) is 0.0968. The Hall–Kier alpha value is -1.38. The molecule has 1 amide bonds. The van der Waals surface area contributed by atoms with E-state index in [4.69, 9.17) is 9.72 Å². The van der Waals surface area contributed by atoms with Gasteiger partial charge in [-0.25, -0.2) is 4.98 Å². The molecule has 2 aromatic rings. The molecule has 8 heteroatoms. The van der Waals surface area contributed by atoms with E-state index in [2.05, 4.69) is 5.32 Å². The maximum atomic E-state index is 13.1. The summed E-state index contributed by atoms with van der Waals surface area (Å²) in [6.07, 6.45) is 3.10. The van der Waals surface area contributed by atoms with Gasteiger partial charge in [-0.2, -0.15) is 0 Å². The van der Waals surface area contributed by atoms with E-state index in [1.165, 1.54) is 22.2 Å². The molecule has 0 aromatic carbocycles. The van der Waals surface area contributed by atoms with Crippen LogP contribution in [-0.4, -0.2) is 41.0 Å². The maximum absolute atomic E-state index is 13.1. The molecule has 0 bridgehead atoms. The number of methoxy groups -OCH3 is 1. The Morgan fingerprint density at radius 3 is 2.96 bits per heavy atom. The molecule has 6 nitrogen and oxygen atoms in total. The highest BCUT2D eigenvalue weighted by Crippen LogP contribution is 2.35. The molecule has 0 aliphatic heterocycles. The van der Waals surface area contributed by atoms with Crippen LogP contribution in [0.3, 0.4) is 0 Å². The third-order valence-electron chi connectivity index (χ3n) is 4.09. The highest BCUT2D eigenvalue weighted by molar-refractivity contribution is 7.99. The van der Waals surface area contributed by atoms with Gasteiger partial charge in [-0.3, -0.25) is 14.2 Å². The minimum Gasteiger partial charge on any atom is -0.383 e. The maximum Gasteiger partial charge on any atom is 0.263 e. The summed E-state index contributed by atoms with van der Waals surface area (Å²) in [6.45, 7) is 4.73. The molecular weight excluding hydrogens is 358 g/mol. The molecule has 1 aliphatic rings. The standard InChI is InChI=1S/C17H23N3O3S2/c1-10(2)18-13(21)9-24-17-19-15-14(11-5-4-6-12(11)25-15)16(22)20(17)7-8-23-3/h10H,4-9H2,1-3H3,(H,18,21). The molecule has 1 aliphatic carbocycles. The van der Waals surface area contributed by atoms with Crippen LogP contribution in [0.5, 0.6) is 0 Å². The Kier molecular flexibility index (Phi) is 5.81. The van der Waals surface area contributed by atoms with E-state index >= 15 is 0 Å². The van der Waals surface area contributed by atoms with Gasteiger partial charge in [0.2, 0.25) is 5.91 Å². The van der Waals surface area contributed by atoms with Gasteiger partial charge in [0.1, 0.15) is 4.83 Å². The van der Waals surface area contributed by atoms with Crippen LogP contribution in [0.15, 0.2) is 9.95 Å². The fourth-order valence-electron chi connectivity index (χ4n) is 3.04. The molecule has 0 saturated carbocycles. The minimum atomic E-state index is -0.0543. The van der Waals surface area contributed by atoms with Crippen molar-refractivity contribution in [2.75, 3.05) is 19.5 Å². The van der Waals surface area contributed by atoms with Crippen molar-refractivity contribution >= 4 is 39.2 Å². The predicted molar refractivity (Wildman–Crippen MR) is 102 cm³/mol. The average molecular weight is 382 g/mol. The van der Waals surface area contributed by atoms with Crippen LogP contribution in [0.4, 0.5) is 0 Å². The van der Waals surface area contributed by atoms with Crippen molar-refractivity contribution in [3.8, 4) is 0 Å². The number of carbonyl (C=O) groups excluding carboxylic acids is 1. The molecular formula is C17H23N3O3S2. The zero-order valence-electron chi connectivity index (χ0n) is 14.8. The highest BCUT2D eigenvalue weighted by Gasteiger charge is 2.23. The number of rotatable bonds is 7. The van der Waals surface area contributed by atoms with E-state index in [1.807, 2.05) is 13.8 Å². The molecule has 25 heavy (non-hydrogen) atoms. The number of fused-ring (bicyclic) bond motifs is 3. The largest absolute Gasteiger partial charge is 0.383 e. The first-order valence-corrected chi connectivity index (χ1v) is 10.3. The van der Waals surface area contributed by atoms with Crippen molar-refractivity contribution in [1.82, 2.24) is 14.9 Å². The van der Waals surface area contributed by atoms with Crippen LogP contribution in [0.25, 0.3) is 10.2 Å². The van der Waals surface area contributed by atoms with Gasteiger partial charge in [-0.1, -0.05) is 11.8 Å². The molecule has 0 atom stereocenters. The Balaban J connectivity index is 1.95. The predicted octanol–water partition coefficient (Wildman–Crippen LogP) is 2.21. The van der Waals surface area contributed by atoms with Crippen LogP contribution < -0.4 is 10.9 Å². The minimum absolute atomic E-state index is 0.00628. The third kappa shape index (κ3) is 3.91. The van der Waals surface area contributed by atoms with Crippen LogP contribution in [0.1, 0.15) is 30.7 Å². The highest BCUT2D eigenvalue weighted by atomic mass is 32.2. The lowest BCUT2D eigenvalue weighted by Crippen LogP contribution is -2.32. The van der Waals surface area contributed by atoms with Gasteiger partial charge < -0.3 is 10.1 Å². The quantitative estimate of drug-likeness (QED) is 0.588. The van der Waals surface area contributed by atoms with Crippen molar-refractivity contribution in [1.29, 1.82) is 0 Å². The van der Waals surface area contributed by atoms with E-state index < -0.39 is 0 Å². The third-order valence-corrected chi connectivity index (χ3v) is 6.25. The first-order valence-electron chi connectivity index (χ1n) is 8.47. The normalized spacial score (nSPS) is 13.6. The van der Waals surface area contributed by atoms with E-state index in [1.54, 1.807) is 23.0 Å². The van der Waals surface area contributed by atoms with Crippen molar-refractivity contribution < 1.29 is 9.53 Å². The molecule has 1 N–H and O–H groups in total. The van der Waals surface area contributed by atoms with E-state index in [-0.39, 0.29) is 23.3 Å². The number of aryl methyl sites for hydroxylation is 2. The fourth-order valence-corrected chi connectivity index (χ4v) is 5.18. The number of thiophene rings is 1. The number of amides is 1. The van der Waals surface area contributed by atoms with Gasteiger partial charge in [0, 0.05) is 18.0 Å². The summed E-state index contributed by atoms with van der Waals surface area (Å²) in [5.41, 5.74) is 1.17. The molecule has 0 saturated heterocycles. The van der Waals surface area contributed by atoms with Gasteiger partial charge in [0.15, 0.2) is 5.16 Å². The molecule has 2 heterocycles. The Labute approximate surface area is 155 Å². The van der Waals surface area contributed by atoms with Gasteiger partial charge in [-0.05, 0) is 38.7 Å². The van der Waals surface area contributed by atoms with E-state index in [0.29, 0.717) is 18.3 Å². The molecule has 3 rings (SSSR count). The Bertz CT molecular complexity index is 842. The average Bonchev–Trinajstić information content (AvgIpc) is 3.11. The Morgan fingerprint density at radius 2 is 2.24 bits per heavy atom. The van der Waals surface area contributed by atoms with Gasteiger partial charge in [-0.15, -0.1) is 11.3 Å². The van der Waals surface area contributed by atoms with Crippen molar-refractivity contribution in [3.63, 3.8) is 0 Å². The number of aromatic nitrogens is 2. The van der Waals surface area contributed by atoms with Crippen molar-refractivity contribution in [2.24, 2.45) is 0 Å².